The van der Waals surface area contributed by atoms with Crippen LogP contribution < -0.4 is 0 Å². The number of fused-ring (bicyclic) bond motifs is 1. The summed E-state index contributed by atoms with van der Waals surface area (Å²) in [6.07, 6.45) is 2.65. The minimum absolute atomic E-state index is 0.0659. The summed E-state index contributed by atoms with van der Waals surface area (Å²) in [5.74, 6) is -1.32. The predicted molar refractivity (Wildman–Crippen MR) is 108 cm³/mol. The van der Waals surface area contributed by atoms with E-state index in [1.54, 1.807) is 31.4 Å². The summed E-state index contributed by atoms with van der Waals surface area (Å²) in [7, 11) is 1.55. The Morgan fingerprint density at radius 1 is 1.30 bits per heavy atom. The minimum Gasteiger partial charge on any atom is -0.372 e. The Labute approximate surface area is 165 Å². The van der Waals surface area contributed by atoms with Crippen molar-refractivity contribution >= 4 is 21.6 Å². The highest BCUT2D eigenvalue weighted by Crippen LogP contribution is 2.24. The number of ether oxygens (including phenoxy) is 2. The van der Waals surface area contributed by atoms with Crippen molar-refractivity contribution in [2.45, 2.75) is 32.6 Å². The van der Waals surface area contributed by atoms with E-state index in [4.69, 9.17) is 14.5 Å². The number of nitrogens with zero attached hydrogens (tertiary/aromatic N) is 3. The highest BCUT2D eigenvalue weighted by atomic mass is 32.1. The van der Waals surface area contributed by atoms with Crippen molar-refractivity contribution in [1.82, 2.24) is 14.8 Å². The van der Waals surface area contributed by atoms with Gasteiger partial charge in [0, 0.05) is 39.0 Å². The Morgan fingerprint density at radius 2 is 2.04 bits per heavy atom. The van der Waals surface area contributed by atoms with E-state index in [1.165, 1.54) is 9.71 Å². The average molecular weight is 392 g/mol. The van der Waals surface area contributed by atoms with Crippen LogP contribution in [0, 0.1) is 0 Å². The van der Waals surface area contributed by atoms with Crippen molar-refractivity contribution in [3.8, 4) is 0 Å². The molecule has 1 aliphatic rings. The van der Waals surface area contributed by atoms with Crippen LogP contribution in [0.15, 0.2) is 36.0 Å². The van der Waals surface area contributed by atoms with E-state index in [0.29, 0.717) is 0 Å². The van der Waals surface area contributed by atoms with Gasteiger partial charge in [0.1, 0.15) is 11.8 Å². The first-order valence-corrected chi connectivity index (χ1v) is 10.2. The first kappa shape index (κ1) is 20.2. The van der Waals surface area contributed by atoms with Crippen LogP contribution in [0.1, 0.15) is 25.3 Å². The molecule has 2 heterocycles. The van der Waals surface area contributed by atoms with Gasteiger partial charge in [-0.25, -0.2) is 4.98 Å². The number of allylic oxidation sites excluding steroid dienone is 1. The third-order valence-corrected chi connectivity index (χ3v) is 5.76. The molecule has 7 heteroatoms. The molecule has 1 N–H and O–H groups in total. The van der Waals surface area contributed by atoms with Gasteiger partial charge >= 0.3 is 0 Å². The molecule has 0 amide bonds. The zero-order chi connectivity index (χ0) is 19.3. The lowest BCUT2D eigenvalue weighted by Gasteiger charge is -2.37. The van der Waals surface area contributed by atoms with E-state index in [-0.39, 0.29) is 6.79 Å². The fourth-order valence-corrected chi connectivity index (χ4v) is 4.33. The fraction of sp³-hybridized carbons (Fsp3) is 0.550. The Kier molecular flexibility index (Phi) is 6.83. The number of aliphatic hydroxyl groups is 1. The number of thiazole rings is 1. The minimum atomic E-state index is -1.32. The number of aromatic nitrogens is 1. The van der Waals surface area contributed by atoms with Crippen LogP contribution in [0.5, 0.6) is 0 Å². The highest BCUT2D eigenvalue weighted by Gasteiger charge is 2.23. The molecular weight excluding hydrogens is 362 g/mol. The quantitative estimate of drug-likeness (QED) is 0.698. The van der Waals surface area contributed by atoms with Crippen LogP contribution in [0.4, 0.5) is 0 Å². The second-order valence-corrected chi connectivity index (χ2v) is 8.05. The lowest BCUT2D eigenvalue weighted by Crippen LogP contribution is -2.45. The molecule has 0 radical (unpaired) electrons. The van der Waals surface area contributed by atoms with Crippen LogP contribution >= 0.6 is 11.3 Å². The molecule has 6 nitrogen and oxygen atoms in total. The van der Waals surface area contributed by atoms with Gasteiger partial charge in [-0.2, -0.15) is 0 Å². The Hall–Kier alpha value is -1.51. The van der Waals surface area contributed by atoms with Gasteiger partial charge in [-0.15, -0.1) is 11.3 Å². The number of benzene rings is 1. The van der Waals surface area contributed by atoms with Gasteiger partial charge in [-0.05, 0) is 31.6 Å². The van der Waals surface area contributed by atoms with Gasteiger partial charge in [0.25, 0.3) is 0 Å². The monoisotopic (exact) mass is 391 g/mol. The topological polar surface area (TPSA) is 58.1 Å². The van der Waals surface area contributed by atoms with Crippen LogP contribution in [-0.2, 0) is 16.0 Å². The summed E-state index contributed by atoms with van der Waals surface area (Å²) in [4.78, 5) is 9.52. The summed E-state index contributed by atoms with van der Waals surface area (Å²) in [6.45, 7) is 8.54. The molecule has 3 rings (SSSR count). The van der Waals surface area contributed by atoms with E-state index < -0.39 is 5.79 Å². The van der Waals surface area contributed by atoms with Crippen molar-refractivity contribution in [2.24, 2.45) is 0 Å². The molecule has 148 valence electrons. The zero-order valence-corrected chi connectivity index (χ0v) is 17.2. The molecule has 0 bridgehead atoms. The summed E-state index contributed by atoms with van der Waals surface area (Å²) >= 11 is 1.78. The standard InChI is InChI=1S/C20H29N3O3S/c1-4-16(13-20(2,24)26-15-25-3)23-11-9-22(10-12-23)14-19-21-17-7-5-6-8-18(17)27-19/h5-8,13,24H,4,9-12,14-15H2,1-3H3/b16-13+. The number of hydrogen-bond donors (Lipinski definition) is 1. The third kappa shape index (κ3) is 5.49. The maximum atomic E-state index is 10.4. The molecule has 1 unspecified atom stereocenters. The van der Waals surface area contributed by atoms with E-state index in [0.717, 1.165) is 50.4 Å². The normalized spacial score (nSPS) is 18.8. The van der Waals surface area contributed by atoms with Crippen LogP contribution in [0.25, 0.3) is 10.2 Å². The largest absolute Gasteiger partial charge is 0.372 e. The third-order valence-electron chi connectivity index (χ3n) is 4.74. The van der Waals surface area contributed by atoms with Gasteiger partial charge in [0.05, 0.1) is 16.8 Å². The van der Waals surface area contributed by atoms with Gasteiger partial charge in [-0.3, -0.25) is 4.90 Å². The summed E-state index contributed by atoms with van der Waals surface area (Å²) < 4.78 is 11.5. The molecule has 1 fully saturated rings. The molecule has 1 aromatic heterocycles. The molecular formula is C20H29N3O3S. The maximum Gasteiger partial charge on any atom is 0.187 e. The predicted octanol–water partition coefficient (Wildman–Crippen LogP) is 3.04. The molecule has 1 aliphatic heterocycles. The average Bonchev–Trinajstić information content (AvgIpc) is 3.07. The number of rotatable bonds is 8. The molecule has 1 atom stereocenters. The highest BCUT2D eigenvalue weighted by molar-refractivity contribution is 7.18. The summed E-state index contributed by atoms with van der Waals surface area (Å²) in [5.41, 5.74) is 2.20. The number of hydrogen-bond acceptors (Lipinski definition) is 7. The molecule has 0 saturated carbocycles. The van der Waals surface area contributed by atoms with Crippen molar-refractivity contribution < 1.29 is 14.6 Å². The van der Waals surface area contributed by atoms with Gasteiger partial charge in [0.15, 0.2) is 5.79 Å². The van der Waals surface area contributed by atoms with Crippen molar-refractivity contribution in [1.29, 1.82) is 0 Å². The smallest absolute Gasteiger partial charge is 0.187 e. The van der Waals surface area contributed by atoms with Crippen LogP contribution in [0.3, 0.4) is 0 Å². The van der Waals surface area contributed by atoms with E-state index >= 15 is 0 Å². The molecule has 1 aromatic carbocycles. The maximum absolute atomic E-state index is 10.4. The van der Waals surface area contributed by atoms with Crippen LogP contribution in [0.2, 0.25) is 0 Å². The first-order valence-electron chi connectivity index (χ1n) is 9.39. The second-order valence-electron chi connectivity index (χ2n) is 6.93. The lowest BCUT2D eigenvalue weighted by atomic mass is 10.1. The second kappa shape index (κ2) is 9.12. The Balaban J connectivity index is 1.57. The molecule has 0 aliphatic carbocycles. The number of piperazine rings is 1. The fourth-order valence-electron chi connectivity index (χ4n) is 3.32. The lowest BCUT2D eigenvalue weighted by molar-refractivity contribution is -0.203. The number of para-hydroxylation sites is 1. The first-order chi connectivity index (χ1) is 13.0. The van der Waals surface area contributed by atoms with E-state index in [2.05, 4.69) is 34.9 Å². The molecule has 2 aromatic rings. The SMILES string of the molecule is CC/C(=C\C(C)(O)OCOC)N1CCN(Cc2nc3ccccc3s2)CC1. The Morgan fingerprint density at radius 3 is 2.70 bits per heavy atom. The molecule has 1 saturated heterocycles. The van der Waals surface area contributed by atoms with Gasteiger partial charge < -0.3 is 19.5 Å². The summed E-state index contributed by atoms with van der Waals surface area (Å²) in [6, 6.07) is 8.30. The van der Waals surface area contributed by atoms with Gasteiger partial charge in [0.2, 0.25) is 0 Å². The number of methoxy groups -OCH3 is 1. The van der Waals surface area contributed by atoms with Crippen molar-refractivity contribution in [3.05, 3.63) is 41.0 Å². The van der Waals surface area contributed by atoms with E-state index in [9.17, 15) is 5.11 Å². The zero-order valence-electron chi connectivity index (χ0n) is 16.4. The van der Waals surface area contributed by atoms with Gasteiger partial charge in [-0.1, -0.05) is 19.1 Å². The van der Waals surface area contributed by atoms with Crippen molar-refractivity contribution in [2.75, 3.05) is 40.1 Å². The summed E-state index contributed by atoms with van der Waals surface area (Å²) in [5, 5.41) is 11.5. The molecule has 27 heavy (non-hydrogen) atoms. The van der Waals surface area contributed by atoms with Crippen LogP contribution in [-0.4, -0.2) is 65.8 Å². The Bertz CT molecular complexity index is 734. The van der Waals surface area contributed by atoms with Crippen molar-refractivity contribution in [3.63, 3.8) is 0 Å². The molecule has 0 spiro atoms. The van der Waals surface area contributed by atoms with E-state index in [1.807, 2.05) is 6.07 Å².